The number of amides is 1. The molecule has 0 fully saturated rings. The zero-order valence-corrected chi connectivity index (χ0v) is 14.8. The van der Waals surface area contributed by atoms with E-state index in [0.29, 0.717) is 28.6 Å². The molecule has 0 aliphatic carbocycles. The van der Waals surface area contributed by atoms with Gasteiger partial charge in [0, 0.05) is 11.6 Å². The number of carbonyl (C=O) groups is 1. The smallest absolute Gasteiger partial charge is 0.231 e. The van der Waals surface area contributed by atoms with Gasteiger partial charge in [0.15, 0.2) is 5.58 Å². The van der Waals surface area contributed by atoms with Gasteiger partial charge in [-0.05, 0) is 41.8 Å². The predicted octanol–water partition coefficient (Wildman–Crippen LogP) is 4.92. The molecule has 1 heterocycles. The van der Waals surface area contributed by atoms with Gasteiger partial charge < -0.3 is 14.8 Å². The summed E-state index contributed by atoms with van der Waals surface area (Å²) >= 11 is 0. The Morgan fingerprint density at radius 3 is 2.56 bits per heavy atom. The number of aromatic nitrogens is 1. The molecule has 1 aromatic heterocycles. The number of phenolic OH excluding ortho intramolecular Hbond substituents is 1. The van der Waals surface area contributed by atoms with Crippen LogP contribution in [0.4, 0.5) is 5.69 Å². The van der Waals surface area contributed by atoms with Gasteiger partial charge in [0.05, 0.1) is 5.56 Å². The summed E-state index contributed by atoms with van der Waals surface area (Å²) in [6, 6.07) is 10.8. The summed E-state index contributed by atoms with van der Waals surface area (Å²) in [6.07, 6.45) is 0. The number of oxazole rings is 1. The molecule has 5 nitrogen and oxygen atoms in total. The number of fused-ring (bicyclic) bond motifs is 1. The zero-order chi connectivity index (χ0) is 18.1. The second-order valence-corrected chi connectivity index (χ2v) is 6.78. The molecule has 0 aliphatic heterocycles. The van der Waals surface area contributed by atoms with E-state index in [9.17, 15) is 9.90 Å². The molecule has 2 aromatic carbocycles. The number of hydrogen-bond donors (Lipinski definition) is 2. The zero-order valence-electron chi connectivity index (χ0n) is 14.8. The molecule has 130 valence electrons. The summed E-state index contributed by atoms with van der Waals surface area (Å²) in [6.45, 7) is 7.89. The first-order valence-corrected chi connectivity index (χ1v) is 8.40. The van der Waals surface area contributed by atoms with Crippen molar-refractivity contribution in [1.82, 2.24) is 4.98 Å². The van der Waals surface area contributed by atoms with Gasteiger partial charge in [0.25, 0.3) is 0 Å². The number of benzene rings is 2. The van der Waals surface area contributed by atoms with Crippen molar-refractivity contribution in [1.29, 1.82) is 0 Å². The Hall–Kier alpha value is -2.82. The molecule has 5 heteroatoms. The molecule has 0 radical (unpaired) electrons. The normalized spacial score (nSPS) is 11.4. The molecule has 1 amide bonds. The number of phenols is 1. The lowest BCUT2D eigenvalue weighted by Crippen LogP contribution is -2.17. The summed E-state index contributed by atoms with van der Waals surface area (Å²) in [4.78, 5) is 16.4. The van der Waals surface area contributed by atoms with Crippen LogP contribution in [0.3, 0.4) is 0 Å². The van der Waals surface area contributed by atoms with E-state index in [0.717, 1.165) is 5.52 Å². The Kier molecular flexibility index (Phi) is 4.49. The summed E-state index contributed by atoms with van der Waals surface area (Å²) in [7, 11) is 0. The topological polar surface area (TPSA) is 75.4 Å². The van der Waals surface area contributed by atoms with Gasteiger partial charge in [-0.25, -0.2) is 4.98 Å². The SMILES string of the molecule is CC(C)C(=O)Nc1ccc(O)c(-c2nc3cc(C(C)C)ccc3o2)c1. The molecule has 25 heavy (non-hydrogen) atoms. The fraction of sp³-hybridized carbons (Fsp3) is 0.300. The van der Waals surface area contributed by atoms with E-state index in [2.05, 4.69) is 24.1 Å². The third-order valence-corrected chi connectivity index (χ3v) is 4.10. The van der Waals surface area contributed by atoms with Gasteiger partial charge in [0.2, 0.25) is 11.8 Å². The molecule has 0 spiro atoms. The second-order valence-electron chi connectivity index (χ2n) is 6.78. The lowest BCUT2D eigenvalue weighted by molar-refractivity contribution is -0.118. The van der Waals surface area contributed by atoms with Gasteiger partial charge in [-0.3, -0.25) is 4.79 Å². The molecule has 3 aromatic rings. The van der Waals surface area contributed by atoms with Crippen molar-refractivity contribution in [3.8, 4) is 17.2 Å². The largest absolute Gasteiger partial charge is 0.507 e. The minimum absolute atomic E-state index is 0.0539. The van der Waals surface area contributed by atoms with Crippen LogP contribution in [0.25, 0.3) is 22.6 Å². The van der Waals surface area contributed by atoms with Gasteiger partial charge in [-0.2, -0.15) is 0 Å². The van der Waals surface area contributed by atoms with Crippen molar-refractivity contribution in [3.05, 3.63) is 42.0 Å². The van der Waals surface area contributed by atoms with Gasteiger partial charge in [-0.15, -0.1) is 0 Å². The Morgan fingerprint density at radius 2 is 1.88 bits per heavy atom. The summed E-state index contributed by atoms with van der Waals surface area (Å²) in [5.41, 5.74) is 3.63. The van der Waals surface area contributed by atoms with Gasteiger partial charge in [-0.1, -0.05) is 33.8 Å². The minimum Gasteiger partial charge on any atom is -0.507 e. The summed E-state index contributed by atoms with van der Waals surface area (Å²) in [5.74, 6) is 0.562. The van der Waals surface area contributed by atoms with E-state index in [1.54, 1.807) is 12.1 Å². The van der Waals surface area contributed by atoms with Crippen molar-refractivity contribution in [2.45, 2.75) is 33.6 Å². The van der Waals surface area contributed by atoms with Crippen molar-refractivity contribution in [3.63, 3.8) is 0 Å². The lowest BCUT2D eigenvalue weighted by atomic mass is 10.0. The van der Waals surface area contributed by atoms with Crippen LogP contribution in [0, 0.1) is 5.92 Å². The first kappa shape index (κ1) is 17.0. The standard InChI is InChI=1S/C20H22N2O3/c1-11(2)13-5-8-18-16(9-13)22-20(25-18)15-10-14(6-7-17(15)23)21-19(24)12(3)4/h5-12,23H,1-4H3,(H,21,24). The molecular weight excluding hydrogens is 316 g/mol. The average molecular weight is 338 g/mol. The monoisotopic (exact) mass is 338 g/mol. The van der Waals surface area contributed by atoms with Crippen molar-refractivity contribution >= 4 is 22.7 Å². The maximum absolute atomic E-state index is 11.9. The fourth-order valence-electron chi connectivity index (χ4n) is 2.49. The number of nitrogens with one attached hydrogen (secondary N) is 1. The highest BCUT2D eigenvalue weighted by Gasteiger charge is 2.15. The van der Waals surface area contributed by atoms with Crippen molar-refractivity contribution in [2.75, 3.05) is 5.32 Å². The highest BCUT2D eigenvalue weighted by molar-refractivity contribution is 5.93. The number of anilines is 1. The quantitative estimate of drug-likeness (QED) is 0.662. The second kappa shape index (κ2) is 6.59. The van der Waals surface area contributed by atoms with E-state index in [1.165, 1.54) is 11.6 Å². The van der Waals surface area contributed by atoms with Crippen LogP contribution in [-0.2, 0) is 4.79 Å². The minimum atomic E-state index is -0.129. The Balaban J connectivity index is 2.00. The Labute approximate surface area is 146 Å². The molecule has 0 saturated carbocycles. The number of rotatable bonds is 4. The van der Waals surface area contributed by atoms with Crippen LogP contribution < -0.4 is 5.32 Å². The van der Waals surface area contributed by atoms with Crippen LogP contribution in [-0.4, -0.2) is 16.0 Å². The van der Waals surface area contributed by atoms with E-state index >= 15 is 0 Å². The first-order chi connectivity index (χ1) is 11.8. The maximum atomic E-state index is 11.9. The molecule has 0 bridgehead atoms. The Bertz CT molecular complexity index is 926. The number of nitrogens with zero attached hydrogens (tertiary/aromatic N) is 1. The number of hydrogen-bond acceptors (Lipinski definition) is 4. The number of carbonyl (C=O) groups excluding carboxylic acids is 1. The van der Waals surface area contributed by atoms with Crippen LogP contribution in [0.5, 0.6) is 5.75 Å². The van der Waals surface area contributed by atoms with Gasteiger partial charge in [0.1, 0.15) is 11.3 Å². The van der Waals surface area contributed by atoms with Crippen LogP contribution in [0.1, 0.15) is 39.2 Å². The van der Waals surface area contributed by atoms with Crippen LogP contribution >= 0.6 is 0 Å². The van der Waals surface area contributed by atoms with Crippen LogP contribution in [0.2, 0.25) is 0 Å². The Morgan fingerprint density at radius 1 is 1.12 bits per heavy atom. The maximum Gasteiger partial charge on any atom is 0.231 e. The van der Waals surface area contributed by atoms with Crippen molar-refractivity contribution in [2.24, 2.45) is 5.92 Å². The lowest BCUT2D eigenvalue weighted by Gasteiger charge is -2.09. The number of aromatic hydroxyl groups is 1. The molecule has 0 aliphatic rings. The molecule has 2 N–H and O–H groups in total. The molecule has 0 unspecified atom stereocenters. The fourth-order valence-corrected chi connectivity index (χ4v) is 2.49. The third-order valence-electron chi connectivity index (χ3n) is 4.10. The van der Waals surface area contributed by atoms with Crippen molar-refractivity contribution < 1.29 is 14.3 Å². The molecule has 0 atom stereocenters. The van der Waals surface area contributed by atoms with E-state index < -0.39 is 0 Å². The van der Waals surface area contributed by atoms with Gasteiger partial charge >= 0.3 is 0 Å². The summed E-state index contributed by atoms with van der Waals surface area (Å²) in [5, 5.41) is 13.0. The summed E-state index contributed by atoms with van der Waals surface area (Å²) < 4.78 is 5.79. The first-order valence-electron chi connectivity index (χ1n) is 8.40. The highest BCUT2D eigenvalue weighted by Crippen LogP contribution is 2.34. The van der Waals surface area contributed by atoms with Crippen LogP contribution in [0.15, 0.2) is 40.8 Å². The third kappa shape index (κ3) is 3.50. The highest BCUT2D eigenvalue weighted by atomic mass is 16.3. The molecule has 3 rings (SSSR count). The average Bonchev–Trinajstić information content (AvgIpc) is 2.99. The van der Waals surface area contributed by atoms with E-state index in [-0.39, 0.29) is 17.6 Å². The van der Waals surface area contributed by atoms with E-state index in [4.69, 9.17) is 4.42 Å². The molecule has 0 saturated heterocycles. The van der Waals surface area contributed by atoms with E-state index in [1.807, 2.05) is 32.0 Å². The molecular formula is C20H22N2O3. The predicted molar refractivity (Wildman–Crippen MR) is 98.7 cm³/mol.